The second-order valence-electron chi connectivity index (χ2n) is 13.3. The number of nitrogens with one attached hydrogen (secondary N) is 1. The summed E-state index contributed by atoms with van der Waals surface area (Å²) in [5, 5.41) is 10.6. The minimum atomic E-state index is -0.304. The van der Waals surface area contributed by atoms with Crippen molar-refractivity contribution >= 4 is 22.7 Å². The maximum Gasteiger partial charge on any atom is 0.257 e. The molecule has 12 heteroatoms. The fourth-order valence-corrected chi connectivity index (χ4v) is 7.11. The van der Waals surface area contributed by atoms with E-state index in [0.717, 1.165) is 66.8 Å². The first kappa shape index (κ1) is 34.7. The van der Waals surface area contributed by atoms with Gasteiger partial charge in [-0.15, -0.1) is 0 Å². The molecular weight excluding hydrogens is 659 g/mol. The Hall–Kier alpha value is -5.75. The molecule has 4 heterocycles. The number of hydrogen-bond donors (Lipinski definition) is 1. The summed E-state index contributed by atoms with van der Waals surface area (Å²) in [6.45, 7) is 3.21. The van der Waals surface area contributed by atoms with Gasteiger partial charge in [0, 0.05) is 37.2 Å². The molecule has 0 radical (unpaired) electrons. The molecule has 1 amide bonds. The van der Waals surface area contributed by atoms with Crippen LogP contribution in [-0.4, -0.2) is 91.8 Å². The lowest BCUT2D eigenvalue weighted by Crippen LogP contribution is -2.39. The van der Waals surface area contributed by atoms with Gasteiger partial charge in [0.05, 0.1) is 42.1 Å². The van der Waals surface area contributed by atoms with Gasteiger partial charge in [0.2, 0.25) is 5.78 Å². The van der Waals surface area contributed by atoms with Crippen LogP contribution < -0.4 is 4.74 Å². The summed E-state index contributed by atoms with van der Waals surface area (Å²) in [5.41, 5.74) is 5.34. The minimum Gasteiger partial charge on any atom is -0.496 e. The molecule has 1 fully saturated rings. The molecule has 52 heavy (non-hydrogen) atoms. The largest absolute Gasteiger partial charge is 0.496 e. The molecule has 0 bridgehead atoms. The highest BCUT2D eigenvalue weighted by Gasteiger charge is 2.30. The molecule has 1 aliphatic heterocycles. The zero-order valence-electron chi connectivity index (χ0n) is 29.3. The van der Waals surface area contributed by atoms with Crippen molar-refractivity contribution in [2.45, 2.75) is 31.7 Å². The number of rotatable bonds is 13. The fourth-order valence-electron chi connectivity index (χ4n) is 7.11. The fraction of sp³-hybridized carbons (Fsp3) is 0.300. The Morgan fingerprint density at radius 2 is 1.81 bits per heavy atom. The first-order chi connectivity index (χ1) is 25.4. The van der Waals surface area contributed by atoms with Crippen molar-refractivity contribution in [3.8, 4) is 17.0 Å². The van der Waals surface area contributed by atoms with E-state index in [2.05, 4.69) is 25.3 Å². The van der Waals surface area contributed by atoms with Crippen LogP contribution in [-0.2, 0) is 6.54 Å². The summed E-state index contributed by atoms with van der Waals surface area (Å²) < 4.78 is 21.5. The van der Waals surface area contributed by atoms with Gasteiger partial charge in [0.1, 0.15) is 17.3 Å². The Kier molecular flexibility index (Phi) is 10.4. The summed E-state index contributed by atoms with van der Waals surface area (Å²) in [7, 11) is 3.32. The zero-order chi connectivity index (χ0) is 36.0. The van der Waals surface area contributed by atoms with Gasteiger partial charge < -0.3 is 19.1 Å². The van der Waals surface area contributed by atoms with Crippen LogP contribution in [0.25, 0.3) is 22.3 Å². The smallest absolute Gasteiger partial charge is 0.257 e. The molecular formula is C40H41FN8O3. The Labute approximate surface area is 301 Å². The lowest BCUT2D eigenvalue weighted by molar-refractivity contribution is 0.0776. The number of benzene rings is 3. The summed E-state index contributed by atoms with van der Waals surface area (Å²) in [6, 6.07) is 25.5. The van der Waals surface area contributed by atoms with Crippen molar-refractivity contribution in [2.24, 2.45) is 5.92 Å². The molecule has 1 saturated heterocycles. The third-order valence-corrected chi connectivity index (χ3v) is 10.00. The van der Waals surface area contributed by atoms with E-state index in [1.54, 1.807) is 55.7 Å². The van der Waals surface area contributed by atoms with Crippen LogP contribution in [0.2, 0.25) is 0 Å². The summed E-state index contributed by atoms with van der Waals surface area (Å²) in [6.07, 6.45) is 5.57. The molecule has 1 N–H and O–H groups in total. The minimum absolute atomic E-state index is 0.0508. The number of likely N-dealkylation sites (tertiary alicyclic amines) is 1. The molecule has 0 aliphatic carbocycles. The van der Waals surface area contributed by atoms with Crippen molar-refractivity contribution < 1.29 is 18.7 Å². The van der Waals surface area contributed by atoms with E-state index in [4.69, 9.17) is 9.72 Å². The van der Waals surface area contributed by atoms with Gasteiger partial charge in [0.25, 0.3) is 5.91 Å². The number of para-hydroxylation sites is 2. The number of aromatic amines is 1. The number of H-pyrrole nitrogens is 1. The van der Waals surface area contributed by atoms with Gasteiger partial charge >= 0.3 is 0 Å². The number of ketones is 1. The molecule has 6 aromatic rings. The number of aromatic nitrogens is 6. The van der Waals surface area contributed by atoms with Crippen LogP contribution >= 0.6 is 0 Å². The van der Waals surface area contributed by atoms with Gasteiger partial charge in [-0.25, -0.2) is 9.37 Å². The highest BCUT2D eigenvalue weighted by molar-refractivity contribution is 5.99. The van der Waals surface area contributed by atoms with Crippen LogP contribution in [0.4, 0.5) is 4.39 Å². The number of hydrogen-bond acceptors (Lipinski definition) is 8. The summed E-state index contributed by atoms with van der Waals surface area (Å²) in [4.78, 5) is 41.2. The van der Waals surface area contributed by atoms with Gasteiger partial charge in [-0.3, -0.25) is 14.6 Å². The monoisotopic (exact) mass is 700 g/mol. The van der Waals surface area contributed by atoms with E-state index >= 15 is 0 Å². The van der Waals surface area contributed by atoms with E-state index in [0.29, 0.717) is 35.9 Å². The van der Waals surface area contributed by atoms with E-state index in [1.807, 2.05) is 53.1 Å². The van der Waals surface area contributed by atoms with E-state index in [-0.39, 0.29) is 29.3 Å². The standard InChI is InChI=1S/C40H41FN8O3/c1-47(40(51)33-23-29(12-15-37(33)52-2)35-24-43-46-45-35)25-30(27-10-13-31(41)14-11-27)18-22-48-20-16-28(17-21-48)38(50)39-44-34-8-3-4-9-36(34)49(39)26-32-7-5-6-19-42-32/h3-15,19,23-24,28,30H,16-18,20-22,25-26H2,1-2H3,(H,43,45,46). The number of halogens is 1. The number of likely N-dealkylation sites (N-methyl/N-ethyl adjacent to an activating group) is 1. The number of amides is 1. The number of carbonyl (C=O) groups excluding carboxylic acids is 2. The van der Waals surface area contributed by atoms with Gasteiger partial charge in [-0.05, 0) is 99.1 Å². The molecule has 0 saturated carbocycles. The number of imidazole rings is 1. The van der Waals surface area contributed by atoms with E-state index in [9.17, 15) is 14.0 Å². The highest BCUT2D eigenvalue weighted by atomic mass is 19.1. The molecule has 0 spiro atoms. The lowest BCUT2D eigenvalue weighted by atomic mass is 9.90. The van der Waals surface area contributed by atoms with Crippen molar-refractivity contribution in [2.75, 3.05) is 40.3 Å². The van der Waals surface area contributed by atoms with Crippen LogP contribution in [0.3, 0.4) is 0 Å². The molecule has 266 valence electrons. The maximum atomic E-state index is 14.0. The quantitative estimate of drug-likeness (QED) is 0.140. The molecule has 3 aromatic carbocycles. The Morgan fingerprint density at radius 3 is 2.54 bits per heavy atom. The number of nitrogens with zero attached hydrogens (tertiary/aromatic N) is 7. The maximum absolute atomic E-state index is 14.0. The average molecular weight is 701 g/mol. The Balaban J connectivity index is 1.02. The zero-order valence-corrected chi connectivity index (χ0v) is 29.3. The molecule has 1 atom stereocenters. The number of methoxy groups -OCH3 is 1. The molecule has 3 aromatic heterocycles. The predicted molar refractivity (Wildman–Crippen MR) is 196 cm³/mol. The van der Waals surface area contributed by atoms with Crippen LogP contribution in [0.15, 0.2) is 97.3 Å². The first-order valence-electron chi connectivity index (χ1n) is 17.5. The lowest BCUT2D eigenvalue weighted by Gasteiger charge is -2.33. The van der Waals surface area contributed by atoms with Gasteiger partial charge in [-0.1, -0.05) is 30.3 Å². The number of pyridine rings is 1. The van der Waals surface area contributed by atoms with E-state index in [1.165, 1.54) is 12.1 Å². The normalized spacial score (nSPS) is 14.4. The van der Waals surface area contributed by atoms with Crippen molar-refractivity contribution in [1.82, 2.24) is 39.7 Å². The topological polar surface area (TPSA) is 122 Å². The molecule has 11 nitrogen and oxygen atoms in total. The predicted octanol–water partition coefficient (Wildman–Crippen LogP) is 6.25. The van der Waals surface area contributed by atoms with Gasteiger partial charge in [-0.2, -0.15) is 15.4 Å². The van der Waals surface area contributed by atoms with E-state index < -0.39 is 0 Å². The SMILES string of the molecule is COc1ccc(-c2cn[nH]n2)cc1C(=O)N(C)CC(CCN1CCC(C(=O)c2nc3ccccc3n2Cc2ccccn2)CC1)c1ccc(F)cc1. The molecule has 7 rings (SSSR count). The van der Waals surface area contributed by atoms with Gasteiger partial charge in [0.15, 0.2) is 5.82 Å². The van der Waals surface area contributed by atoms with Crippen LogP contribution in [0.5, 0.6) is 5.75 Å². The van der Waals surface area contributed by atoms with Crippen molar-refractivity contribution in [1.29, 1.82) is 0 Å². The van der Waals surface area contributed by atoms with Crippen LogP contribution in [0, 0.1) is 11.7 Å². The van der Waals surface area contributed by atoms with Crippen molar-refractivity contribution in [3.05, 3.63) is 126 Å². The summed E-state index contributed by atoms with van der Waals surface area (Å²) >= 11 is 0. The number of fused-ring (bicyclic) bond motifs is 1. The first-order valence-corrected chi connectivity index (χ1v) is 17.5. The third-order valence-electron chi connectivity index (χ3n) is 10.00. The Morgan fingerprint density at radius 1 is 1.02 bits per heavy atom. The number of piperidine rings is 1. The van der Waals surface area contributed by atoms with Crippen molar-refractivity contribution in [3.63, 3.8) is 0 Å². The number of ether oxygens (including phenoxy) is 1. The highest BCUT2D eigenvalue weighted by Crippen LogP contribution is 2.30. The molecule has 1 aliphatic rings. The molecule has 1 unspecified atom stereocenters. The number of Topliss-reactive ketones (excluding diaryl/α,β-unsaturated/α-hetero) is 1. The third kappa shape index (κ3) is 7.62. The second-order valence-corrected chi connectivity index (χ2v) is 13.3. The Bertz CT molecular complexity index is 2130. The average Bonchev–Trinajstić information content (AvgIpc) is 3.86. The number of carbonyl (C=O) groups is 2. The second kappa shape index (κ2) is 15.6. The van der Waals surface area contributed by atoms with Crippen LogP contribution in [0.1, 0.15) is 57.4 Å². The summed E-state index contributed by atoms with van der Waals surface area (Å²) in [5.74, 6) is 0.341.